The minimum Gasteiger partial charge on any atom is -0.299 e. The van der Waals surface area contributed by atoms with Crippen LogP contribution in [0.1, 0.15) is 5.56 Å². The summed E-state index contributed by atoms with van der Waals surface area (Å²) in [6.45, 7) is 0. The number of hydrogen-bond donors (Lipinski definition) is 1. The molecule has 0 aliphatic heterocycles. The Hall–Kier alpha value is -0.610. The van der Waals surface area contributed by atoms with E-state index in [9.17, 15) is 13.2 Å². The molecule has 72 valence electrons. The molecular weight excluding hydrogens is 226 g/mol. The van der Waals surface area contributed by atoms with E-state index in [2.05, 4.69) is 4.84 Å². The van der Waals surface area contributed by atoms with Crippen LogP contribution in [0.15, 0.2) is 18.2 Å². The smallest absolute Gasteiger partial charge is 0.299 e. The molecule has 1 rings (SSSR count). The maximum Gasteiger partial charge on any atom is 0.417 e. The lowest BCUT2D eigenvalue weighted by molar-refractivity contribution is -0.137. The lowest BCUT2D eigenvalue weighted by Crippen LogP contribution is -2.05. The fourth-order valence-corrected chi connectivity index (χ4v) is 1.14. The molecule has 0 aliphatic rings. The van der Waals surface area contributed by atoms with E-state index in [0.29, 0.717) is 0 Å². The molecule has 1 aromatic carbocycles. The fraction of sp³-hybridized carbons (Fsp3) is 0.143. The summed E-state index contributed by atoms with van der Waals surface area (Å²) in [6, 6.07) is 3.33. The van der Waals surface area contributed by atoms with Crippen LogP contribution in [0.5, 0.6) is 0 Å². The molecule has 0 saturated heterocycles. The molecule has 0 amide bonds. The van der Waals surface area contributed by atoms with Crippen molar-refractivity contribution in [3.05, 3.63) is 28.8 Å². The van der Waals surface area contributed by atoms with Crippen molar-refractivity contribution in [3.63, 3.8) is 0 Å². The number of halogens is 5. The number of rotatable bonds is 1. The monoisotopic (exact) mass is 229 g/mol. The van der Waals surface area contributed by atoms with Gasteiger partial charge in [-0.05, 0) is 18.2 Å². The van der Waals surface area contributed by atoms with Crippen LogP contribution in [0.2, 0.25) is 5.02 Å². The van der Waals surface area contributed by atoms with Gasteiger partial charge in [0.2, 0.25) is 0 Å². The Bertz CT molecular complexity index is 311. The van der Waals surface area contributed by atoms with Crippen molar-refractivity contribution in [2.75, 3.05) is 4.84 Å². The Kier molecular flexibility index (Phi) is 2.93. The molecule has 0 spiro atoms. The summed E-state index contributed by atoms with van der Waals surface area (Å²) in [4.78, 5) is 2.08. The fourth-order valence-electron chi connectivity index (χ4n) is 0.801. The molecule has 0 bridgehead atoms. The molecular formula is C7H4Cl2F3N. The Morgan fingerprint density at radius 3 is 2.31 bits per heavy atom. The van der Waals surface area contributed by atoms with Crippen LogP contribution in [0.4, 0.5) is 18.9 Å². The van der Waals surface area contributed by atoms with Crippen LogP contribution in [0.25, 0.3) is 0 Å². The van der Waals surface area contributed by atoms with E-state index in [4.69, 9.17) is 23.4 Å². The van der Waals surface area contributed by atoms with Gasteiger partial charge in [0.15, 0.2) is 0 Å². The summed E-state index contributed by atoms with van der Waals surface area (Å²) in [7, 11) is 0. The predicted molar refractivity (Wildman–Crippen MR) is 45.9 cm³/mol. The second-order valence-corrected chi connectivity index (χ2v) is 2.88. The highest BCUT2D eigenvalue weighted by molar-refractivity contribution is 6.31. The maximum atomic E-state index is 12.2. The molecule has 0 radical (unpaired) electrons. The van der Waals surface area contributed by atoms with Gasteiger partial charge in [0.05, 0.1) is 10.6 Å². The van der Waals surface area contributed by atoms with Gasteiger partial charge in [-0.3, -0.25) is 4.84 Å². The van der Waals surface area contributed by atoms with E-state index in [0.717, 1.165) is 12.1 Å². The third kappa shape index (κ3) is 2.42. The van der Waals surface area contributed by atoms with Gasteiger partial charge in [0, 0.05) is 17.5 Å². The van der Waals surface area contributed by atoms with Crippen molar-refractivity contribution in [1.29, 1.82) is 0 Å². The summed E-state index contributed by atoms with van der Waals surface area (Å²) in [5.74, 6) is 0. The Morgan fingerprint density at radius 2 is 1.85 bits per heavy atom. The van der Waals surface area contributed by atoms with Crippen molar-refractivity contribution < 1.29 is 13.2 Å². The molecule has 0 aliphatic carbocycles. The molecule has 0 fully saturated rings. The van der Waals surface area contributed by atoms with Crippen LogP contribution in [-0.4, -0.2) is 0 Å². The first-order chi connectivity index (χ1) is 5.95. The molecule has 1 N–H and O–H groups in total. The molecule has 6 heteroatoms. The van der Waals surface area contributed by atoms with Crippen LogP contribution < -0.4 is 4.84 Å². The molecule has 0 unspecified atom stereocenters. The van der Waals surface area contributed by atoms with Crippen molar-refractivity contribution in [1.82, 2.24) is 0 Å². The highest BCUT2D eigenvalue weighted by Crippen LogP contribution is 2.36. The summed E-state index contributed by atoms with van der Waals surface area (Å²) in [5, 5.41) is -0.344. The summed E-state index contributed by atoms with van der Waals surface area (Å²) < 4.78 is 36.6. The molecule has 0 atom stereocenters. The van der Waals surface area contributed by atoms with Crippen molar-refractivity contribution in [2.24, 2.45) is 0 Å². The highest BCUT2D eigenvalue weighted by Gasteiger charge is 2.33. The van der Waals surface area contributed by atoms with Crippen molar-refractivity contribution in [2.45, 2.75) is 6.18 Å². The van der Waals surface area contributed by atoms with Crippen LogP contribution in [-0.2, 0) is 6.18 Å². The molecule has 0 saturated carbocycles. The predicted octanol–water partition coefficient (Wildman–Crippen LogP) is 3.92. The molecule has 1 aromatic rings. The minimum atomic E-state index is -4.46. The van der Waals surface area contributed by atoms with Gasteiger partial charge in [-0.25, -0.2) is 0 Å². The number of nitrogens with one attached hydrogen (secondary N) is 1. The van der Waals surface area contributed by atoms with Gasteiger partial charge in [0.1, 0.15) is 0 Å². The van der Waals surface area contributed by atoms with E-state index in [-0.39, 0.29) is 10.7 Å². The van der Waals surface area contributed by atoms with Crippen molar-refractivity contribution >= 4 is 29.1 Å². The normalized spacial score (nSPS) is 11.5. The standard InChI is InChI=1S/C7H4Cl2F3N/c8-6-2-1-4(13-9)3-5(6)7(10,11)12/h1-3,13H. The molecule has 0 aromatic heterocycles. The van der Waals surface area contributed by atoms with E-state index < -0.39 is 11.7 Å². The van der Waals surface area contributed by atoms with Gasteiger partial charge in [-0.2, -0.15) is 13.2 Å². The quantitative estimate of drug-likeness (QED) is 0.720. The van der Waals surface area contributed by atoms with Gasteiger partial charge in [-0.1, -0.05) is 11.6 Å². The van der Waals surface area contributed by atoms with E-state index >= 15 is 0 Å². The zero-order valence-electron chi connectivity index (χ0n) is 6.12. The topological polar surface area (TPSA) is 12.0 Å². The zero-order chi connectivity index (χ0) is 10.1. The third-order valence-corrected chi connectivity index (χ3v) is 1.93. The lowest BCUT2D eigenvalue weighted by atomic mass is 10.2. The first kappa shape index (κ1) is 10.5. The number of alkyl halides is 3. The third-order valence-electron chi connectivity index (χ3n) is 1.38. The summed E-state index contributed by atoms with van der Waals surface area (Å²) in [6.07, 6.45) is -4.46. The second kappa shape index (κ2) is 3.64. The molecule has 13 heavy (non-hydrogen) atoms. The SMILES string of the molecule is FC(F)(F)c1cc(NCl)ccc1Cl. The van der Waals surface area contributed by atoms with Gasteiger partial charge in [-0.15, -0.1) is 0 Å². The zero-order valence-corrected chi connectivity index (χ0v) is 7.63. The largest absolute Gasteiger partial charge is 0.417 e. The Morgan fingerprint density at radius 1 is 1.23 bits per heavy atom. The highest BCUT2D eigenvalue weighted by atomic mass is 35.5. The van der Waals surface area contributed by atoms with E-state index in [1.807, 2.05) is 0 Å². The van der Waals surface area contributed by atoms with Gasteiger partial charge < -0.3 is 0 Å². The first-order valence-corrected chi connectivity index (χ1v) is 3.94. The second-order valence-electron chi connectivity index (χ2n) is 2.29. The van der Waals surface area contributed by atoms with Gasteiger partial charge >= 0.3 is 6.18 Å². The van der Waals surface area contributed by atoms with Crippen LogP contribution >= 0.6 is 23.4 Å². The van der Waals surface area contributed by atoms with Gasteiger partial charge in [0.25, 0.3) is 0 Å². The van der Waals surface area contributed by atoms with Crippen molar-refractivity contribution in [3.8, 4) is 0 Å². The average molecular weight is 230 g/mol. The first-order valence-electron chi connectivity index (χ1n) is 3.18. The molecule has 1 nitrogen and oxygen atoms in total. The average Bonchev–Trinajstić information content (AvgIpc) is 2.03. The summed E-state index contributed by atoms with van der Waals surface area (Å²) in [5.41, 5.74) is -0.752. The number of benzene rings is 1. The minimum absolute atomic E-state index is 0.151. The maximum absolute atomic E-state index is 12.2. The Labute approximate surface area is 82.6 Å². The number of anilines is 1. The Balaban J connectivity index is 3.19. The summed E-state index contributed by atoms with van der Waals surface area (Å²) >= 11 is 10.5. The number of hydrogen-bond acceptors (Lipinski definition) is 1. The van der Waals surface area contributed by atoms with Crippen LogP contribution in [0.3, 0.4) is 0 Å². The van der Waals surface area contributed by atoms with Crippen LogP contribution in [0, 0.1) is 0 Å². The molecule has 0 heterocycles. The lowest BCUT2D eigenvalue weighted by Gasteiger charge is -2.09. The van der Waals surface area contributed by atoms with E-state index in [1.165, 1.54) is 6.07 Å². The van der Waals surface area contributed by atoms with E-state index in [1.54, 1.807) is 0 Å².